The molecule has 0 unspecified atom stereocenters. The van der Waals surface area contributed by atoms with Crippen molar-refractivity contribution < 1.29 is 18.0 Å². The third kappa shape index (κ3) is 2.67. The van der Waals surface area contributed by atoms with Crippen molar-refractivity contribution in [2.24, 2.45) is 0 Å². The average Bonchev–Trinajstić information content (AvgIpc) is 3.20. The lowest BCUT2D eigenvalue weighted by Crippen LogP contribution is -2.17. The molecule has 0 bridgehead atoms. The van der Waals surface area contributed by atoms with Gasteiger partial charge in [0.15, 0.2) is 5.65 Å². The third-order valence-corrected chi connectivity index (χ3v) is 4.51. The van der Waals surface area contributed by atoms with Crippen molar-refractivity contribution in [3.05, 3.63) is 47.2 Å². The van der Waals surface area contributed by atoms with E-state index in [1.807, 2.05) is 0 Å². The van der Waals surface area contributed by atoms with E-state index >= 15 is 0 Å². The second-order valence-electron chi connectivity index (χ2n) is 6.17. The van der Waals surface area contributed by atoms with Gasteiger partial charge in [-0.25, -0.2) is 9.97 Å². The van der Waals surface area contributed by atoms with Crippen LogP contribution >= 0.6 is 0 Å². The highest BCUT2D eigenvalue weighted by molar-refractivity contribution is 6.07. The number of alkyl halides is 3. The van der Waals surface area contributed by atoms with E-state index in [1.165, 1.54) is 0 Å². The molecule has 0 saturated carbocycles. The number of carbonyl (C=O) groups is 1. The van der Waals surface area contributed by atoms with Gasteiger partial charge >= 0.3 is 6.18 Å². The lowest BCUT2D eigenvalue weighted by Gasteiger charge is -2.11. The van der Waals surface area contributed by atoms with Gasteiger partial charge in [-0.05, 0) is 30.4 Å². The van der Waals surface area contributed by atoms with Gasteiger partial charge in [0.05, 0.1) is 11.1 Å². The van der Waals surface area contributed by atoms with Gasteiger partial charge in [-0.15, -0.1) is 10.2 Å². The van der Waals surface area contributed by atoms with Gasteiger partial charge in [0.1, 0.15) is 6.33 Å². The van der Waals surface area contributed by atoms with Crippen LogP contribution in [-0.2, 0) is 12.6 Å². The molecule has 0 fully saturated rings. The maximum absolute atomic E-state index is 12.6. The number of anilines is 1. The summed E-state index contributed by atoms with van der Waals surface area (Å²) in [7, 11) is 0. The number of nitrogens with one attached hydrogen (secondary N) is 1. The molecule has 26 heavy (non-hydrogen) atoms. The smallest absolute Gasteiger partial charge is 0.290 e. The minimum absolute atomic E-state index is 0.214. The Hall–Kier alpha value is -3.04. The Kier molecular flexibility index (Phi) is 3.63. The second-order valence-corrected chi connectivity index (χ2v) is 6.17. The van der Waals surface area contributed by atoms with Crippen molar-refractivity contribution in [2.75, 3.05) is 5.32 Å². The molecule has 10 heteroatoms. The molecule has 0 aromatic carbocycles. The Morgan fingerprint density at radius 2 is 2.04 bits per heavy atom. The van der Waals surface area contributed by atoms with Crippen LogP contribution in [0.4, 0.5) is 19.1 Å². The SMILES string of the molecule is C[C@H]1CCc2c1cc(C(=O)Nc1ncc(C(F)(F)F)cn1)c1nncn21. The second kappa shape index (κ2) is 5.75. The molecule has 3 aromatic heterocycles. The van der Waals surface area contributed by atoms with Crippen LogP contribution in [0.25, 0.3) is 5.65 Å². The standard InChI is InChI=1S/C16H13F3N6O/c1-8-2-3-12-10(8)4-11(13-24-22-7-25(12)13)14(26)23-15-20-5-9(6-21-15)16(17,18)19/h4-8H,2-3H2,1H3,(H,20,21,23,26)/t8-/m0/s1. The lowest BCUT2D eigenvalue weighted by atomic mass is 10.0. The fourth-order valence-electron chi connectivity index (χ4n) is 3.13. The molecule has 1 aliphatic carbocycles. The number of hydrogen-bond donors (Lipinski definition) is 1. The van der Waals surface area contributed by atoms with Gasteiger partial charge in [-0.3, -0.25) is 14.5 Å². The number of fused-ring (bicyclic) bond motifs is 3. The highest BCUT2D eigenvalue weighted by Gasteiger charge is 2.31. The van der Waals surface area contributed by atoms with Gasteiger partial charge in [0.25, 0.3) is 5.91 Å². The van der Waals surface area contributed by atoms with Gasteiger partial charge in [-0.1, -0.05) is 6.92 Å². The number of hydrogen-bond acceptors (Lipinski definition) is 5. The van der Waals surface area contributed by atoms with Crippen molar-refractivity contribution in [1.82, 2.24) is 24.6 Å². The molecule has 7 nitrogen and oxygen atoms in total. The van der Waals surface area contributed by atoms with Gasteiger partial charge in [-0.2, -0.15) is 13.2 Å². The van der Waals surface area contributed by atoms with Crippen LogP contribution < -0.4 is 5.32 Å². The fourth-order valence-corrected chi connectivity index (χ4v) is 3.13. The average molecular weight is 362 g/mol. The maximum Gasteiger partial charge on any atom is 0.419 e. The predicted octanol–water partition coefficient (Wildman–Crippen LogP) is 2.84. The van der Waals surface area contributed by atoms with E-state index in [1.54, 1.807) is 16.8 Å². The molecule has 4 rings (SSSR count). The maximum atomic E-state index is 12.6. The van der Waals surface area contributed by atoms with Gasteiger partial charge in [0.2, 0.25) is 5.95 Å². The summed E-state index contributed by atoms with van der Waals surface area (Å²) in [6.45, 7) is 2.07. The Labute approximate surface area is 145 Å². The number of carbonyl (C=O) groups excluding carboxylic acids is 1. The Morgan fingerprint density at radius 1 is 1.31 bits per heavy atom. The summed E-state index contributed by atoms with van der Waals surface area (Å²) in [5, 5.41) is 10.3. The Bertz CT molecular complexity index is 996. The summed E-state index contributed by atoms with van der Waals surface area (Å²) < 4.78 is 39.5. The number of rotatable bonds is 2. The summed E-state index contributed by atoms with van der Waals surface area (Å²) >= 11 is 0. The molecule has 1 atom stereocenters. The summed E-state index contributed by atoms with van der Waals surface area (Å²) in [5.74, 6) is -0.468. The zero-order chi connectivity index (χ0) is 18.5. The first-order valence-electron chi connectivity index (χ1n) is 7.90. The first-order chi connectivity index (χ1) is 12.3. The molecule has 3 heterocycles. The van der Waals surface area contributed by atoms with Gasteiger partial charge < -0.3 is 0 Å². The number of aryl methyl sites for hydroxylation is 1. The predicted molar refractivity (Wildman–Crippen MR) is 84.7 cm³/mol. The number of aromatic nitrogens is 5. The molecular formula is C16H13F3N6O. The van der Waals surface area contributed by atoms with Gasteiger partial charge in [0, 0.05) is 18.1 Å². The summed E-state index contributed by atoms with van der Waals surface area (Å²) in [6, 6.07) is 1.76. The molecule has 0 radical (unpaired) electrons. The Balaban J connectivity index is 1.67. The van der Waals surface area contributed by atoms with Crippen molar-refractivity contribution in [3.63, 3.8) is 0 Å². The summed E-state index contributed by atoms with van der Waals surface area (Å²) in [5.41, 5.74) is 1.79. The highest BCUT2D eigenvalue weighted by atomic mass is 19.4. The minimum Gasteiger partial charge on any atom is -0.290 e. The molecule has 0 spiro atoms. The van der Waals surface area contributed by atoms with E-state index in [2.05, 4.69) is 32.4 Å². The first kappa shape index (κ1) is 16.4. The van der Waals surface area contributed by atoms with Crippen LogP contribution in [0.15, 0.2) is 24.8 Å². The quantitative estimate of drug-likeness (QED) is 0.758. The zero-order valence-corrected chi connectivity index (χ0v) is 13.6. The van der Waals surface area contributed by atoms with Crippen LogP contribution in [0, 0.1) is 0 Å². The summed E-state index contributed by atoms with van der Waals surface area (Å²) in [6.07, 6.45) is 0.106. The molecule has 1 aliphatic rings. The molecule has 1 N–H and O–H groups in total. The molecule has 1 amide bonds. The molecule has 134 valence electrons. The van der Waals surface area contributed by atoms with E-state index in [-0.39, 0.29) is 11.5 Å². The molecular weight excluding hydrogens is 349 g/mol. The lowest BCUT2D eigenvalue weighted by molar-refractivity contribution is -0.138. The molecule has 0 aliphatic heterocycles. The van der Waals surface area contributed by atoms with Crippen LogP contribution in [0.2, 0.25) is 0 Å². The van der Waals surface area contributed by atoms with Crippen LogP contribution in [-0.4, -0.2) is 30.5 Å². The Morgan fingerprint density at radius 3 is 2.73 bits per heavy atom. The molecule has 0 saturated heterocycles. The van der Waals surface area contributed by atoms with Crippen LogP contribution in [0.3, 0.4) is 0 Å². The highest BCUT2D eigenvalue weighted by Crippen LogP contribution is 2.34. The number of pyridine rings is 1. The monoisotopic (exact) mass is 362 g/mol. The first-order valence-corrected chi connectivity index (χ1v) is 7.90. The largest absolute Gasteiger partial charge is 0.419 e. The number of halogens is 3. The summed E-state index contributed by atoms with van der Waals surface area (Å²) in [4.78, 5) is 19.7. The van der Waals surface area contributed by atoms with E-state index in [4.69, 9.17) is 0 Å². The van der Waals surface area contributed by atoms with Crippen molar-refractivity contribution in [3.8, 4) is 0 Å². The van der Waals surface area contributed by atoms with Crippen molar-refractivity contribution in [2.45, 2.75) is 31.9 Å². The van der Waals surface area contributed by atoms with Crippen molar-refractivity contribution in [1.29, 1.82) is 0 Å². The molecule has 3 aromatic rings. The topological polar surface area (TPSA) is 85.1 Å². The number of nitrogens with zero attached hydrogens (tertiary/aromatic N) is 5. The number of amides is 1. The van der Waals surface area contributed by atoms with E-state index in [0.717, 1.165) is 24.1 Å². The van der Waals surface area contributed by atoms with E-state index in [0.29, 0.717) is 24.0 Å². The van der Waals surface area contributed by atoms with Crippen LogP contribution in [0.1, 0.15) is 46.4 Å². The van der Waals surface area contributed by atoms with E-state index < -0.39 is 17.6 Å². The van der Waals surface area contributed by atoms with E-state index in [9.17, 15) is 18.0 Å². The van der Waals surface area contributed by atoms with Crippen molar-refractivity contribution >= 4 is 17.5 Å². The third-order valence-electron chi connectivity index (χ3n) is 4.51. The fraction of sp³-hybridized carbons (Fsp3) is 0.312. The normalized spacial score (nSPS) is 16.7. The minimum atomic E-state index is -4.54. The zero-order valence-electron chi connectivity index (χ0n) is 13.6. The van der Waals surface area contributed by atoms with Crippen LogP contribution in [0.5, 0.6) is 0 Å².